The molecule has 3 heterocycles. The second-order valence-corrected chi connectivity index (χ2v) is 6.01. The smallest absolute Gasteiger partial charge is 0.189 e. The molecule has 4 aromatic rings. The van der Waals surface area contributed by atoms with Gasteiger partial charge in [0.25, 0.3) is 0 Å². The van der Waals surface area contributed by atoms with Crippen molar-refractivity contribution < 1.29 is 4.74 Å². The van der Waals surface area contributed by atoms with Gasteiger partial charge in [0.2, 0.25) is 0 Å². The Hall–Kier alpha value is -3.37. The molecule has 128 valence electrons. The number of methoxy groups -OCH3 is 1. The van der Waals surface area contributed by atoms with E-state index < -0.39 is 0 Å². The highest BCUT2D eigenvalue weighted by Crippen LogP contribution is 2.38. The highest BCUT2D eigenvalue weighted by Gasteiger charge is 2.22. The Kier molecular flexibility index (Phi) is 3.82. The molecule has 0 bridgehead atoms. The molecule has 1 aromatic carbocycles. The highest BCUT2D eigenvalue weighted by molar-refractivity contribution is 6.29. The second-order valence-electron chi connectivity index (χ2n) is 5.62. The summed E-state index contributed by atoms with van der Waals surface area (Å²) in [7, 11) is 3.41. The molecule has 3 aromatic heterocycles. The number of fused-ring (bicyclic) bond motifs is 1. The maximum Gasteiger partial charge on any atom is 0.189 e. The lowest BCUT2D eigenvalue weighted by Gasteiger charge is -2.03. The molecular weight excluding hydrogens is 352 g/mol. The van der Waals surface area contributed by atoms with Crippen molar-refractivity contribution in [3.63, 3.8) is 0 Å². The van der Waals surface area contributed by atoms with Crippen LogP contribution in [0.4, 0.5) is 5.69 Å². The van der Waals surface area contributed by atoms with Crippen LogP contribution in [0.2, 0.25) is 5.15 Å². The molecule has 0 spiro atoms. The molecule has 0 saturated carbocycles. The zero-order valence-corrected chi connectivity index (χ0v) is 14.7. The van der Waals surface area contributed by atoms with Gasteiger partial charge in [0, 0.05) is 18.8 Å². The molecular formula is C18H13ClN6O. The molecule has 0 aliphatic heterocycles. The fraction of sp³-hybridized carbons (Fsp3) is 0.111. The molecule has 4 rings (SSSR count). The minimum atomic E-state index is 0.414. The quantitative estimate of drug-likeness (QED) is 0.436. The summed E-state index contributed by atoms with van der Waals surface area (Å²) in [5, 5.41) is 4.98. The van der Waals surface area contributed by atoms with Gasteiger partial charge in [0.1, 0.15) is 16.5 Å². The van der Waals surface area contributed by atoms with Crippen molar-refractivity contribution in [1.29, 1.82) is 0 Å². The number of aromatic nitrogens is 5. The van der Waals surface area contributed by atoms with Crippen LogP contribution in [0.1, 0.15) is 0 Å². The first-order valence-electron chi connectivity index (χ1n) is 7.71. The van der Waals surface area contributed by atoms with Crippen LogP contribution in [0.5, 0.6) is 5.75 Å². The third-order valence-electron chi connectivity index (χ3n) is 4.03. The van der Waals surface area contributed by atoms with Crippen LogP contribution in [0, 0.1) is 6.57 Å². The van der Waals surface area contributed by atoms with E-state index in [-0.39, 0.29) is 0 Å². The number of imidazole rings is 1. The van der Waals surface area contributed by atoms with E-state index in [1.165, 1.54) is 0 Å². The van der Waals surface area contributed by atoms with Crippen molar-refractivity contribution in [3.05, 3.63) is 53.1 Å². The van der Waals surface area contributed by atoms with Crippen LogP contribution in [0.15, 0.2) is 36.5 Å². The van der Waals surface area contributed by atoms with E-state index in [1.807, 2.05) is 19.2 Å². The molecule has 1 N–H and O–H groups in total. The Labute approximate surface area is 154 Å². The number of ether oxygens (including phenoxy) is 1. The van der Waals surface area contributed by atoms with Crippen molar-refractivity contribution >= 4 is 28.3 Å². The number of rotatable bonds is 3. The molecule has 0 atom stereocenters. The third kappa shape index (κ3) is 2.57. The average Bonchev–Trinajstić information content (AvgIpc) is 3.21. The number of hydrogen-bond donors (Lipinski definition) is 1. The van der Waals surface area contributed by atoms with Crippen LogP contribution in [-0.2, 0) is 7.05 Å². The summed E-state index contributed by atoms with van der Waals surface area (Å²) in [6.45, 7) is 7.14. The summed E-state index contributed by atoms with van der Waals surface area (Å²) in [5.74, 6) is 1.20. The van der Waals surface area contributed by atoms with E-state index in [9.17, 15) is 0 Å². The van der Waals surface area contributed by atoms with Crippen LogP contribution in [0.25, 0.3) is 38.7 Å². The molecule has 0 saturated heterocycles. The summed E-state index contributed by atoms with van der Waals surface area (Å²) >= 11 is 5.87. The highest BCUT2D eigenvalue weighted by atomic mass is 35.5. The van der Waals surface area contributed by atoms with Gasteiger partial charge in [0.05, 0.1) is 24.7 Å². The summed E-state index contributed by atoms with van der Waals surface area (Å²) in [6.07, 6.45) is 1.65. The Morgan fingerprint density at radius 2 is 2.12 bits per heavy atom. The van der Waals surface area contributed by atoms with Crippen molar-refractivity contribution in [2.45, 2.75) is 0 Å². The van der Waals surface area contributed by atoms with Crippen molar-refractivity contribution in [2.24, 2.45) is 7.05 Å². The maximum atomic E-state index is 7.14. The molecule has 0 aliphatic rings. The maximum absolute atomic E-state index is 7.14. The Bertz CT molecular complexity index is 1150. The standard InChI is InChI=1S/C18H13ClN6O/c1-20-11-5-6-12-13(8-11)23-18(22-12)16-17(26-3)15(24-25(16)2)10-4-7-14(19)21-9-10/h4-9H,2-3H3,(H,22,23). The van der Waals surface area contributed by atoms with Crippen molar-refractivity contribution in [2.75, 3.05) is 7.11 Å². The lowest BCUT2D eigenvalue weighted by atomic mass is 10.2. The molecule has 8 heteroatoms. The molecule has 0 fully saturated rings. The summed E-state index contributed by atoms with van der Waals surface area (Å²) in [4.78, 5) is 15.4. The Morgan fingerprint density at radius 3 is 2.81 bits per heavy atom. The van der Waals surface area contributed by atoms with E-state index in [1.54, 1.807) is 36.2 Å². The number of aromatic amines is 1. The fourth-order valence-electron chi connectivity index (χ4n) is 2.84. The second kappa shape index (κ2) is 6.17. The average molecular weight is 365 g/mol. The predicted molar refractivity (Wildman–Crippen MR) is 99.4 cm³/mol. The Morgan fingerprint density at radius 1 is 1.27 bits per heavy atom. The zero-order chi connectivity index (χ0) is 18.3. The fourth-order valence-corrected chi connectivity index (χ4v) is 2.95. The first kappa shape index (κ1) is 16.1. The SMILES string of the molecule is [C-]#[N+]c1ccc2[nH]c(-c3c(OC)c(-c4ccc(Cl)nc4)nn3C)nc2c1. The number of H-pyrrole nitrogens is 1. The zero-order valence-electron chi connectivity index (χ0n) is 14.0. The van der Waals surface area contributed by atoms with Crippen LogP contribution in [-0.4, -0.2) is 31.8 Å². The number of benzene rings is 1. The van der Waals surface area contributed by atoms with E-state index >= 15 is 0 Å². The molecule has 0 unspecified atom stereocenters. The molecule has 26 heavy (non-hydrogen) atoms. The minimum absolute atomic E-state index is 0.414. The summed E-state index contributed by atoms with van der Waals surface area (Å²) in [5.41, 5.74) is 4.24. The Balaban J connectivity index is 1.89. The lowest BCUT2D eigenvalue weighted by Crippen LogP contribution is -1.96. The van der Waals surface area contributed by atoms with Gasteiger partial charge in [-0.05, 0) is 24.3 Å². The van der Waals surface area contributed by atoms with Gasteiger partial charge >= 0.3 is 0 Å². The van der Waals surface area contributed by atoms with E-state index in [0.717, 1.165) is 11.1 Å². The number of nitrogens with zero attached hydrogens (tertiary/aromatic N) is 5. The molecule has 7 nitrogen and oxygen atoms in total. The van der Waals surface area contributed by atoms with E-state index in [4.69, 9.17) is 22.9 Å². The van der Waals surface area contributed by atoms with E-state index in [0.29, 0.717) is 39.3 Å². The van der Waals surface area contributed by atoms with Crippen LogP contribution in [0.3, 0.4) is 0 Å². The van der Waals surface area contributed by atoms with Gasteiger partial charge in [-0.2, -0.15) is 5.10 Å². The normalized spacial score (nSPS) is 10.8. The van der Waals surface area contributed by atoms with E-state index in [2.05, 4.69) is 24.9 Å². The van der Waals surface area contributed by atoms with Crippen LogP contribution >= 0.6 is 11.6 Å². The monoisotopic (exact) mass is 364 g/mol. The van der Waals surface area contributed by atoms with Crippen LogP contribution < -0.4 is 4.74 Å². The molecule has 0 amide bonds. The lowest BCUT2D eigenvalue weighted by molar-refractivity contribution is 0.417. The summed E-state index contributed by atoms with van der Waals surface area (Å²) < 4.78 is 7.33. The largest absolute Gasteiger partial charge is 0.492 e. The van der Waals surface area contributed by atoms with Crippen molar-refractivity contribution in [1.82, 2.24) is 24.7 Å². The molecule has 0 aliphatic carbocycles. The number of pyridine rings is 1. The van der Waals surface area contributed by atoms with Gasteiger partial charge in [-0.3, -0.25) is 4.68 Å². The number of halogens is 1. The minimum Gasteiger partial charge on any atom is -0.492 e. The number of aryl methyl sites for hydroxylation is 1. The first-order valence-corrected chi connectivity index (χ1v) is 8.09. The summed E-state index contributed by atoms with van der Waals surface area (Å²) in [6, 6.07) is 8.88. The first-order chi connectivity index (χ1) is 12.6. The third-order valence-corrected chi connectivity index (χ3v) is 4.25. The van der Waals surface area contributed by atoms with Crippen molar-refractivity contribution in [3.8, 4) is 28.5 Å². The number of nitrogens with one attached hydrogen (secondary N) is 1. The number of hydrogen-bond acceptors (Lipinski definition) is 4. The van der Waals surface area contributed by atoms with Gasteiger partial charge in [-0.25, -0.2) is 14.8 Å². The van der Waals surface area contributed by atoms with Gasteiger partial charge in [0.15, 0.2) is 17.3 Å². The van der Waals surface area contributed by atoms with Gasteiger partial charge in [-0.1, -0.05) is 17.7 Å². The van der Waals surface area contributed by atoms with Gasteiger partial charge in [-0.15, -0.1) is 0 Å². The van der Waals surface area contributed by atoms with Gasteiger partial charge < -0.3 is 9.72 Å². The predicted octanol–water partition coefficient (Wildman–Crippen LogP) is 4.24. The molecule has 0 radical (unpaired) electrons. The topological polar surface area (TPSA) is 73.0 Å².